The second-order valence-electron chi connectivity index (χ2n) is 4.75. The van der Waals surface area contributed by atoms with Crippen LogP contribution < -0.4 is 0 Å². The third-order valence-electron chi connectivity index (χ3n) is 3.64. The summed E-state index contributed by atoms with van der Waals surface area (Å²) in [5.41, 5.74) is 1.46. The van der Waals surface area contributed by atoms with Crippen molar-refractivity contribution in [2.75, 3.05) is 6.54 Å². The first-order valence-corrected chi connectivity index (χ1v) is 6.07. The minimum absolute atomic E-state index is 0.781. The van der Waals surface area contributed by atoms with Crippen molar-refractivity contribution in [1.29, 1.82) is 0 Å². The van der Waals surface area contributed by atoms with Crippen LogP contribution in [0.2, 0.25) is 0 Å². The lowest BCUT2D eigenvalue weighted by molar-refractivity contribution is 0.217. The minimum atomic E-state index is 0.781. The summed E-state index contributed by atoms with van der Waals surface area (Å²) in [4.78, 5) is 2.65. The van der Waals surface area contributed by atoms with Crippen LogP contribution >= 0.6 is 0 Å². The number of benzene rings is 1. The number of hydrogen-bond donors (Lipinski definition) is 0. The van der Waals surface area contributed by atoms with Gasteiger partial charge in [-0.1, -0.05) is 30.3 Å². The summed E-state index contributed by atoms with van der Waals surface area (Å²) >= 11 is 0. The van der Waals surface area contributed by atoms with Crippen LogP contribution in [0.25, 0.3) is 0 Å². The van der Waals surface area contributed by atoms with E-state index < -0.39 is 0 Å². The van der Waals surface area contributed by atoms with Crippen LogP contribution in [0.1, 0.15) is 32.3 Å². The molecule has 0 radical (unpaired) electrons. The number of likely N-dealkylation sites (tertiary alicyclic amines) is 1. The molecular weight excluding hydrogens is 182 g/mol. The molecule has 0 saturated carbocycles. The maximum absolute atomic E-state index is 2.65. The first kappa shape index (κ1) is 10.7. The lowest BCUT2D eigenvalue weighted by atomic mass is 10.1. The van der Waals surface area contributed by atoms with Gasteiger partial charge in [0.1, 0.15) is 0 Å². The SMILES string of the molecule is CC1CCC(C)N1CCc1ccccc1. The van der Waals surface area contributed by atoms with Gasteiger partial charge in [-0.05, 0) is 38.7 Å². The van der Waals surface area contributed by atoms with Gasteiger partial charge in [-0.3, -0.25) is 4.90 Å². The molecule has 82 valence electrons. The second-order valence-corrected chi connectivity index (χ2v) is 4.75. The fourth-order valence-corrected chi connectivity index (χ4v) is 2.59. The molecule has 1 heterocycles. The molecule has 0 aromatic heterocycles. The molecule has 0 aliphatic carbocycles. The first-order valence-electron chi connectivity index (χ1n) is 6.07. The highest BCUT2D eigenvalue weighted by molar-refractivity contribution is 5.15. The molecule has 15 heavy (non-hydrogen) atoms. The molecule has 2 rings (SSSR count). The molecule has 1 saturated heterocycles. The summed E-state index contributed by atoms with van der Waals surface area (Å²) in [6, 6.07) is 12.4. The van der Waals surface area contributed by atoms with Crippen molar-refractivity contribution in [3.05, 3.63) is 35.9 Å². The Kier molecular flexibility index (Phi) is 3.42. The lowest BCUT2D eigenvalue weighted by Gasteiger charge is -2.25. The summed E-state index contributed by atoms with van der Waals surface area (Å²) < 4.78 is 0. The van der Waals surface area contributed by atoms with Crippen LogP contribution in [0.4, 0.5) is 0 Å². The van der Waals surface area contributed by atoms with E-state index in [9.17, 15) is 0 Å². The molecule has 0 amide bonds. The Morgan fingerprint density at radius 2 is 1.67 bits per heavy atom. The van der Waals surface area contributed by atoms with Gasteiger partial charge < -0.3 is 0 Å². The zero-order valence-electron chi connectivity index (χ0n) is 9.82. The monoisotopic (exact) mass is 203 g/mol. The minimum Gasteiger partial charge on any atom is -0.298 e. The molecule has 1 aromatic carbocycles. The van der Waals surface area contributed by atoms with Gasteiger partial charge in [-0.15, -0.1) is 0 Å². The fourth-order valence-electron chi connectivity index (χ4n) is 2.59. The second kappa shape index (κ2) is 4.80. The van der Waals surface area contributed by atoms with Gasteiger partial charge >= 0.3 is 0 Å². The van der Waals surface area contributed by atoms with Crippen molar-refractivity contribution in [2.24, 2.45) is 0 Å². The molecule has 1 aromatic rings. The van der Waals surface area contributed by atoms with E-state index in [-0.39, 0.29) is 0 Å². The zero-order chi connectivity index (χ0) is 10.7. The molecule has 2 unspecified atom stereocenters. The summed E-state index contributed by atoms with van der Waals surface area (Å²) in [6.07, 6.45) is 3.93. The van der Waals surface area contributed by atoms with E-state index in [2.05, 4.69) is 49.1 Å². The molecule has 0 N–H and O–H groups in total. The molecule has 0 bridgehead atoms. The van der Waals surface area contributed by atoms with Gasteiger partial charge in [0.15, 0.2) is 0 Å². The molecule has 2 atom stereocenters. The molecule has 1 fully saturated rings. The third-order valence-corrected chi connectivity index (χ3v) is 3.64. The van der Waals surface area contributed by atoms with Gasteiger partial charge in [0.05, 0.1) is 0 Å². The van der Waals surface area contributed by atoms with Crippen molar-refractivity contribution < 1.29 is 0 Å². The van der Waals surface area contributed by atoms with Crippen molar-refractivity contribution in [3.63, 3.8) is 0 Å². The Labute approximate surface area is 93.1 Å². The average molecular weight is 203 g/mol. The van der Waals surface area contributed by atoms with Crippen LogP contribution in [0.5, 0.6) is 0 Å². The number of rotatable bonds is 3. The normalized spacial score (nSPS) is 27.1. The first-order chi connectivity index (χ1) is 7.27. The van der Waals surface area contributed by atoms with Gasteiger partial charge in [-0.25, -0.2) is 0 Å². The fraction of sp³-hybridized carbons (Fsp3) is 0.571. The molecule has 1 aliphatic heterocycles. The maximum Gasteiger partial charge on any atom is 0.00704 e. The summed E-state index contributed by atoms with van der Waals surface area (Å²) in [6.45, 7) is 5.93. The lowest BCUT2D eigenvalue weighted by Crippen LogP contribution is -2.34. The Morgan fingerprint density at radius 3 is 2.27 bits per heavy atom. The zero-order valence-corrected chi connectivity index (χ0v) is 9.82. The van der Waals surface area contributed by atoms with Gasteiger partial charge in [0, 0.05) is 18.6 Å². The van der Waals surface area contributed by atoms with Gasteiger partial charge in [-0.2, -0.15) is 0 Å². The molecule has 1 aliphatic rings. The van der Waals surface area contributed by atoms with Crippen molar-refractivity contribution in [1.82, 2.24) is 4.90 Å². The highest BCUT2D eigenvalue weighted by atomic mass is 15.2. The van der Waals surface area contributed by atoms with E-state index >= 15 is 0 Å². The molecule has 0 spiro atoms. The summed E-state index contributed by atoms with van der Waals surface area (Å²) in [5, 5.41) is 0. The van der Waals surface area contributed by atoms with Crippen LogP contribution in [0.15, 0.2) is 30.3 Å². The van der Waals surface area contributed by atoms with Crippen LogP contribution in [-0.2, 0) is 6.42 Å². The topological polar surface area (TPSA) is 3.24 Å². The van der Waals surface area contributed by atoms with E-state index in [1.807, 2.05) is 0 Å². The Balaban J connectivity index is 1.88. The van der Waals surface area contributed by atoms with Crippen LogP contribution in [-0.4, -0.2) is 23.5 Å². The molecule has 1 heteroatoms. The predicted octanol–water partition coefficient (Wildman–Crippen LogP) is 3.10. The molecular formula is C14H21N. The Bertz CT molecular complexity index is 283. The van der Waals surface area contributed by atoms with Crippen molar-refractivity contribution in [3.8, 4) is 0 Å². The average Bonchev–Trinajstić information content (AvgIpc) is 2.58. The predicted molar refractivity (Wildman–Crippen MR) is 65.0 cm³/mol. The van der Waals surface area contributed by atoms with Gasteiger partial charge in [0.25, 0.3) is 0 Å². The van der Waals surface area contributed by atoms with Crippen LogP contribution in [0.3, 0.4) is 0 Å². The Hall–Kier alpha value is -0.820. The molecule has 1 nitrogen and oxygen atoms in total. The van der Waals surface area contributed by atoms with Gasteiger partial charge in [0.2, 0.25) is 0 Å². The van der Waals surface area contributed by atoms with E-state index in [0.717, 1.165) is 12.1 Å². The largest absolute Gasteiger partial charge is 0.298 e. The van der Waals surface area contributed by atoms with E-state index in [1.165, 1.54) is 31.4 Å². The van der Waals surface area contributed by atoms with Crippen LogP contribution in [0, 0.1) is 0 Å². The van der Waals surface area contributed by atoms with Crippen molar-refractivity contribution >= 4 is 0 Å². The van der Waals surface area contributed by atoms with Crippen molar-refractivity contribution in [2.45, 2.75) is 45.2 Å². The highest BCUT2D eigenvalue weighted by Crippen LogP contribution is 2.23. The number of hydrogen-bond acceptors (Lipinski definition) is 1. The number of nitrogens with zero attached hydrogens (tertiary/aromatic N) is 1. The summed E-state index contributed by atoms with van der Waals surface area (Å²) in [7, 11) is 0. The highest BCUT2D eigenvalue weighted by Gasteiger charge is 2.26. The van der Waals surface area contributed by atoms with E-state index in [0.29, 0.717) is 0 Å². The standard InChI is InChI=1S/C14H21N/c1-12-8-9-13(2)15(12)11-10-14-6-4-3-5-7-14/h3-7,12-13H,8-11H2,1-2H3. The van der Waals surface area contributed by atoms with E-state index in [4.69, 9.17) is 0 Å². The smallest absolute Gasteiger partial charge is 0.00704 e. The Morgan fingerprint density at radius 1 is 1.07 bits per heavy atom. The third kappa shape index (κ3) is 2.60. The quantitative estimate of drug-likeness (QED) is 0.729. The summed E-state index contributed by atoms with van der Waals surface area (Å²) in [5.74, 6) is 0. The maximum atomic E-state index is 2.65. The van der Waals surface area contributed by atoms with E-state index in [1.54, 1.807) is 0 Å².